The molecule has 3 heterocycles. The highest BCUT2D eigenvalue weighted by molar-refractivity contribution is 5.71. The van der Waals surface area contributed by atoms with Crippen LogP contribution in [0.4, 0.5) is 23.3 Å². The molecule has 0 saturated carbocycles. The molecule has 138 valence electrons. The van der Waals surface area contributed by atoms with Crippen molar-refractivity contribution in [1.82, 2.24) is 9.97 Å². The Morgan fingerprint density at radius 1 is 1.08 bits per heavy atom. The van der Waals surface area contributed by atoms with E-state index in [1.165, 1.54) is 12.8 Å². The summed E-state index contributed by atoms with van der Waals surface area (Å²) in [7, 11) is 0. The first-order valence-corrected chi connectivity index (χ1v) is 8.93. The third-order valence-electron chi connectivity index (χ3n) is 4.67. The van der Waals surface area contributed by atoms with E-state index in [1.54, 1.807) is 0 Å². The van der Waals surface area contributed by atoms with Crippen LogP contribution in [0, 0.1) is 10.1 Å². The lowest BCUT2D eigenvalue weighted by Gasteiger charge is -2.36. The highest BCUT2D eigenvalue weighted by Crippen LogP contribution is 2.34. The van der Waals surface area contributed by atoms with E-state index in [0.717, 1.165) is 25.9 Å². The van der Waals surface area contributed by atoms with Crippen LogP contribution in [0.3, 0.4) is 0 Å². The molecule has 0 amide bonds. The molecule has 3 rings (SSSR count). The second-order valence-corrected chi connectivity index (χ2v) is 6.90. The fourth-order valence-electron chi connectivity index (χ4n) is 3.61. The molecule has 2 aliphatic heterocycles. The van der Waals surface area contributed by atoms with E-state index in [0.29, 0.717) is 24.9 Å². The van der Waals surface area contributed by atoms with E-state index in [2.05, 4.69) is 14.9 Å². The van der Waals surface area contributed by atoms with E-state index in [9.17, 15) is 10.1 Å². The highest BCUT2D eigenvalue weighted by atomic mass is 16.6. The van der Waals surface area contributed by atoms with Gasteiger partial charge in [-0.05, 0) is 26.7 Å². The zero-order valence-corrected chi connectivity index (χ0v) is 14.8. The molecule has 1 aromatic heterocycles. The van der Waals surface area contributed by atoms with Gasteiger partial charge in [0, 0.05) is 26.2 Å². The molecular weight excluding hydrogens is 324 g/mol. The molecule has 0 bridgehead atoms. The second kappa shape index (κ2) is 7.38. The number of ether oxygens (including phenoxy) is 1. The van der Waals surface area contributed by atoms with E-state index >= 15 is 0 Å². The monoisotopic (exact) mass is 350 g/mol. The van der Waals surface area contributed by atoms with Gasteiger partial charge in [0.15, 0.2) is 0 Å². The lowest BCUT2D eigenvalue weighted by molar-refractivity contribution is -0.383. The fraction of sp³-hybridized carbons (Fsp3) is 0.750. The average molecular weight is 350 g/mol. The van der Waals surface area contributed by atoms with Crippen LogP contribution in [0.2, 0.25) is 0 Å². The van der Waals surface area contributed by atoms with Gasteiger partial charge in [-0.3, -0.25) is 10.1 Å². The molecule has 1 aromatic rings. The maximum absolute atomic E-state index is 11.6. The van der Waals surface area contributed by atoms with E-state index < -0.39 is 4.92 Å². The number of nitrogens with two attached hydrogens (primary N) is 1. The number of nitro groups is 1. The second-order valence-electron chi connectivity index (χ2n) is 6.90. The Hall–Kier alpha value is -2.16. The molecule has 2 atom stereocenters. The molecule has 9 nitrogen and oxygen atoms in total. The summed E-state index contributed by atoms with van der Waals surface area (Å²) >= 11 is 0. The molecule has 0 radical (unpaired) electrons. The first-order valence-electron chi connectivity index (χ1n) is 8.93. The number of morpholine rings is 1. The molecule has 2 aliphatic rings. The zero-order valence-electron chi connectivity index (χ0n) is 14.8. The lowest BCUT2D eigenvalue weighted by atomic mass is 10.2. The van der Waals surface area contributed by atoms with Crippen molar-refractivity contribution in [3.8, 4) is 0 Å². The summed E-state index contributed by atoms with van der Waals surface area (Å²) in [6.07, 6.45) is 4.46. The van der Waals surface area contributed by atoms with Gasteiger partial charge in [0.05, 0.1) is 17.1 Å². The summed E-state index contributed by atoms with van der Waals surface area (Å²) < 4.78 is 5.73. The summed E-state index contributed by atoms with van der Waals surface area (Å²) in [5.41, 5.74) is 5.76. The van der Waals surface area contributed by atoms with Crippen LogP contribution in [-0.4, -0.2) is 53.3 Å². The number of aromatic nitrogens is 2. The molecule has 0 aromatic carbocycles. The Morgan fingerprint density at radius 2 is 1.68 bits per heavy atom. The summed E-state index contributed by atoms with van der Waals surface area (Å²) in [5, 5.41) is 11.6. The Labute approximate surface area is 147 Å². The SMILES string of the molecule is C[C@@H]1CN(c2nc(N3CCCCCC3)nc(N)c2[N+](=O)[O-])C[C@H](C)O1. The maximum atomic E-state index is 11.6. The molecule has 0 unspecified atom stereocenters. The van der Waals surface area contributed by atoms with Gasteiger partial charge in [-0.15, -0.1) is 0 Å². The van der Waals surface area contributed by atoms with Crippen molar-refractivity contribution in [1.29, 1.82) is 0 Å². The smallest absolute Gasteiger partial charge is 0.353 e. The van der Waals surface area contributed by atoms with Crippen molar-refractivity contribution in [2.75, 3.05) is 41.7 Å². The molecular formula is C16H26N6O3. The van der Waals surface area contributed by atoms with Crippen molar-refractivity contribution >= 4 is 23.3 Å². The topological polar surface area (TPSA) is 111 Å². The van der Waals surface area contributed by atoms with E-state index in [1.807, 2.05) is 18.7 Å². The van der Waals surface area contributed by atoms with Gasteiger partial charge < -0.3 is 20.3 Å². The Bertz CT molecular complexity index is 623. The standard InChI is InChI=1S/C16H26N6O3/c1-11-9-21(10-12(2)25-11)15-13(22(23)24)14(17)18-16(19-15)20-7-5-3-4-6-8-20/h11-12H,3-10H2,1-2H3,(H2,17,18,19)/t11-,12+. The van der Waals surface area contributed by atoms with Crippen LogP contribution in [0.25, 0.3) is 0 Å². The van der Waals surface area contributed by atoms with Gasteiger partial charge in [-0.25, -0.2) is 0 Å². The van der Waals surface area contributed by atoms with Crippen molar-refractivity contribution in [2.45, 2.75) is 51.7 Å². The molecule has 0 aliphatic carbocycles. The summed E-state index contributed by atoms with van der Waals surface area (Å²) in [6, 6.07) is 0. The summed E-state index contributed by atoms with van der Waals surface area (Å²) in [6.45, 7) is 6.70. The highest BCUT2D eigenvalue weighted by Gasteiger charge is 2.32. The van der Waals surface area contributed by atoms with Crippen molar-refractivity contribution in [2.24, 2.45) is 0 Å². The minimum Gasteiger partial charge on any atom is -0.378 e. The maximum Gasteiger partial charge on any atom is 0.353 e. The predicted octanol–water partition coefficient (Wildman–Crippen LogP) is 1.96. The number of anilines is 3. The Kier molecular flexibility index (Phi) is 5.22. The van der Waals surface area contributed by atoms with Gasteiger partial charge in [0.25, 0.3) is 0 Å². The van der Waals surface area contributed by atoms with Crippen molar-refractivity contribution < 1.29 is 9.66 Å². The van der Waals surface area contributed by atoms with Crippen LogP contribution in [0.5, 0.6) is 0 Å². The molecule has 2 fully saturated rings. The van der Waals surface area contributed by atoms with Gasteiger partial charge >= 0.3 is 5.69 Å². The molecule has 2 saturated heterocycles. The van der Waals surface area contributed by atoms with Crippen LogP contribution in [0.15, 0.2) is 0 Å². The molecule has 9 heteroatoms. The average Bonchev–Trinajstić information content (AvgIpc) is 2.82. The third-order valence-corrected chi connectivity index (χ3v) is 4.67. The lowest BCUT2D eigenvalue weighted by Crippen LogP contribution is -2.46. The molecule has 2 N–H and O–H groups in total. The summed E-state index contributed by atoms with van der Waals surface area (Å²) in [4.78, 5) is 23.9. The number of hydrogen-bond acceptors (Lipinski definition) is 8. The van der Waals surface area contributed by atoms with Crippen LogP contribution < -0.4 is 15.5 Å². The minimum absolute atomic E-state index is 0.0267. The van der Waals surface area contributed by atoms with Gasteiger partial charge in [-0.1, -0.05) is 12.8 Å². The van der Waals surface area contributed by atoms with Gasteiger partial charge in [-0.2, -0.15) is 9.97 Å². The van der Waals surface area contributed by atoms with E-state index in [-0.39, 0.29) is 23.7 Å². The normalized spacial score (nSPS) is 24.9. The largest absolute Gasteiger partial charge is 0.378 e. The van der Waals surface area contributed by atoms with Gasteiger partial charge in [0.2, 0.25) is 17.6 Å². The van der Waals surface area contributed by atoms with Crippen molar-refractivity contribution in [3.63, 3.8) is 0 Å². The first-order chi connectivity index (χ1) is 12.0. The van der Waals surface area contributed by atoms with Crippen LogP contribution in [-0.2, 0) is 4.74 Å². The van der Waals surface area contributed by atoms with E-state index in [4.69, 9.17) is 10.5 Å². The molecule has 0 spiro atoms. The Balaban J connectivity index is 1.99. The fourth-order valence-corrected chi connectivity index (χ4v) is 3.61. The van der Waals surface area contributed by atoms with Crippen LogP contribution >= 0.6 is 0 Å². The number of hydrogen-bond donors (Lipinski definition) is 1. The molecule has 25 heavy (non-hydrogen) atoms. The van der Waals surface area contributed by atoms with Gasteiger partial charge in [0.1, 0.15) is 0 Å². The minimum atomic E-state index is -0.484. The third kappa shape index (κ3) is 3.92. The number of rotatable bonds is 3. The Morgan fingerprint density at radius 3 is 2.24 bits per heavy atom. The van der Waals surface area contributed by atoms with Crippen molar-refractivity contribution in [3.05, 3.63) is 10.1 Å². The zero-order chi connectivity index (χ0) is 18.0. The first kappa shape index (κ1) is 17.7. The number of nitrogen functional groups attached to an aromatic ring is 1. The quantitative estimate of drug-likeness (QED) is 0.650. The predicted molar refractivity (Wildman–Crippen MR) is 96.0 cm³/mol. The van der Waals surface area contributed by atoms with Crippen LogP contribution in [0.1, 0.15) is 39.5 Å². The summed E-state index contributed by atoms with van der Waals surface area (Å²) in [5.74, 6) is 0.728. The number of nitrogens with zero attached hydrogens (tertiary/aromatic N) is 5.